The number of nitrogens with zero attached hydrogens (tertiary/aromatic N) is 2. The number of halogens is 5. The maximum atomic E-state index is 12.7. The van der Waals surface area contributed by atoms with Crippen molar-refractivity contribution < 1.29 is 22.7 Å². The van der Waals surface area contributed by atoms with Gasteiger partial charge in [0.2, 0.25) is 0 Å². The van der Waals surface area contributed by atoms with Crippen LogP contribution in [0.4, 0.5) is 13.2 Å². The van der Waals surface area contributed by atoms with Crippen molar-refractivity contribution in [1.29, 1.82) is 5.26 Å². The molecule has 0 radical (unpaired) electrons. The fraction of sp³-hybridized carbons (Fsp3) is 0.200. The van der Waals surface area contributed by atoms with Crippen molar-refractivity contribution in [1.82, 2.24) is 4.57 Å². The van der Waals surface area contributed by atoms with Crippen LogP contribution >= 0.6 is 23.2 Å². The van der Waals surface area contributed by atoms with Crippen LogP contribution in [0.3, 0.4) is 0 Å². The van der Waals surface area contributed by atoms with E-state index in [1.807, 2.05) is 6.07 Å². The molecule has 0 fully saturated rings. The summed E-state index contributed by atoms with van der Waals surface area (Å²) in [4.78, 5) is 11.0. The molecule has 0 atom stereocenters. The van der Waals surface area contributed by atoms with E-state index in [9.17, 15) is 23.2 Å². The van der Waals surface area contributed by atoms with Gasteiger partial charge in [0.1, 0.15) is 11.2 Å². The third kappa shape index (κ3) is 3.50. The summed E-state index contributed by atoms with van der Waals surface area (Å²) in [6.07, 6.45) is -4.48. The van der Waals surface area contributed by atoms with Gasteiger partial charge in [0, 0.05) is 6.92 Å². The van der Waals surface area contributed by atoms with Crippen LogP contribution in [0.25, 0.3) is 11.3 Å². The second-order valence-corrected chi connectivity index (χ2v) is 5.44. The molecule has 126 valence electrons. The molecule has 0 bridgehead atoms. The van der Waals surface area contributed by atoms with Crippen molar-refractivity contribution in [3.05, 3.63) is 45.6 Å². The number of aromatic nitrogens is 1. The zero-order valence-electron chi connectivity index (χ0n) is 12.1. The molecular formula is C15H9Cl2F3N2O2. The largest absolute Gasteiger partial charge is 0.444 e. The Kier molecular flexibility index (Phi) is 5.11. The summed E-state index contributed by atoms with van der Waals surface area (Å²) < 4.78 is 44.1. The quantitative estimate of drug-likeness (QED) is 0.717. The van der Waals surface area contributed by atoms with Crippen LogP contribution in [0.1, 0.15) is 18.1 Å². The smallest absolute Gasteiger partial charge is 0.416 e. The second-order valence-electron chi connectivity index (χ2n) is 4.71. The number of carbonyl (C=O) groups excluding carboxylic acids is 1. The number of rotatable bonds is 3. The molecular weight excluding hydrogens is 368 g/mol. The summed E-state index contributed by atoms with van der Waals surface area (Å²) in [5.74, 6) is -0.590. The van der Waals surface area contributed by atoms with Crippen LogP contribution in [0.15, 0.2) is 24.3 Å². The highest BCUT2D eigenvalue weighted by atomic mass is 35.5. The zero-order chi connectivity index (χ0) is 18.1. The van der Waals surface area contributed by atoms with Crippen molar-refractivity contribution >= 4 is 29.2 Å². The summed E-state index contributed by atoms with van der Waals surface area (Å²) >= 11 is 12.0. The minimum Gasteiger partial charge on any atom is -0.444 e. The highest BCUT2D eigenvalue weighted by Gasteiger charge is 2.30. The molecule has 0 spiro atoms. The average Bonchev–Trinajstić information content (AvgIpc) is 2.75. The number of hydrogen-bond donors (Lipinski definition) is 0. The maximum absolute atomic E-state index is 12.7. The Hall–Kier alpha value is -2.17. The first-order valence-electron chi connectivity index (χ1n) is 6.45. The van der Waals surface area contributed by atoms with E-state index in [2.05, 4.69) is 0 Å². The standard InChI is InChI=1S/C15H9Cl2F3N2O2/c1-8(23)24-7-22-13(11(6-21)12(16)14(22)17)9-2-4-10(5-3-9)15(18,19)20/h2-5H,7H2,1H3. The molecule has 0 saturated carbocycles. The summed E-state index contributed by atoms with van der Waals surface area (Å²) in [5.41, 5.74) is -0.406. The Morgan fingerprint density at radius 3 is 2.33 bits per heavy atom. The molecule has 1 heterocycles. The summed E-state index contributed by atoms with van der Waals surface area (Å²) in [6.45, 7) is 0.855. The van der Waals surface area contributed by atoms with Gasteiger partial charge < -0.3 is 4.74 Å². The molecule has 9 heteroatoms. The van der Waals surface area contributed by atoms with Gasteiger partial charge in [0.25, 0.3) is 0 Å². The Labute approximate surface area is 145 Å². The van der Waals surface area contributed by atoms with Crippen LogP contribution in [-0.4, -0.2) is 10.5 Å². The van der Waals surface area contributed by atoms with Gasteiger partial charge >= 0.3 is 12.1 Å². The van der Waals surface area contributed by atoms with Gasteiger partial charge in [-0.25, -0.2) is 0 Å². The fourth-order valence-electron chi connectivity index (χ4n) is 2.05. The van der Waals surface area contributed by atoms with E-state index < -0.39 is 17.7 Å². The second kappa shape index (κ2) is 6.75. The third-order valence-corrected chi connectivity index (χ3v) is 4.00. The summed E-state index contributed by atoms with van der Waals surface area (Å²) in [6, 6.07) is 5.99. The Balaban J connectivity index is 2.58. The molecule has 24 heavy (non-hydrogen) atoms. The number of esters is 1. The van der Waals surface area contributed by atoms with E-state index in [0.29, 0.717) is 0 Å². The summed E-state index contributed by atoms with van der Waals surface area (Å²) in [7, 11) is 0. The minimum atomic E-state index is -4.48. The molecule has 0 amide bonds. The molecule has 4 nitrogen and oxygen atoms in total. The van der Waals surface area contributed by atoms with Crippen LogP contribution in [-0.2, 0) is 22.4 Å². The molecule has 2 rings (SSSR count). The lowest BCUT2D eigenvalue weighted by Crippen LogP contribution is -2.08. The predicted octanol–water partition coefficient (Wildman–Crippen LogP) is 4.87. The number of carbonyl (C=O) groups is 1. The third-order valence-electron chi connectivity index (χ3n) is 3.14. The number of nitriles is 1. The van der Waals surface area contributed by atoms with Crippen molar-refractivity contribution in [2.24, 2.45) is 0 Å². The van der Waals surface area contributed by atoms with Gasteiger partial charge in [-0.3, -0.25) is 9.36 Å². The van der Waals surface area contributed by atoms with E-state index in [1.54, 1.807) is 0 Å². The molecule has 0 aliphatic rings. The van der Waals surface area contributed by atoms with Crippen molar-refractivity contribution in [2.75, 3.05) is 0 Å². The highest BCUT2D eigenvalue weighted by molar-refractivity contribution is 6.42. The lowest BCUT2D eigenvalue weighted by Gasteiger charge is -2.12. The highest BCUT2D eigenvalue weighted by Crippen LogP contribution is 2.38. The SMILES string of the molecule is CC(=O)OCn1c(Cl)c(Cl)c(C#N)c1-c1ccc(C(F)(F)F)cc1. The van der Waals surface area contributed by atoms with E-state index in [1.165, 1.54) is 23.6 Å². The van der Waals surface area contributed by atoms with Crippen LogP contribution in [0.2, 0.25) is 10.2 Å². The van der Waals surface area contributed by atoms with Gasteiger partial charge in [-0.05, 0) is 17.7 Å². The van der Waals surface area contributed by atoms with Crippen molar-refractivity contribution in [3.8, 4) is 17.3 Å². The topological polar surface area (TPSA) is 55.0 Å². The fourth-order valence-corrected chi connectivity index (χ4v) is 2.52. The molecule has 0 N–H and O–H groups in total. The van der Waals surface area contributed by atoms with Gasteiger partial charge in [0.15, 0.2) is 6.73 Å². The molecule has 0 aliphatic heterocycles. The molecule has 0 aliphatic carbocycles. The molecule has 0 unspecified atom stereocenters. The maximum Gasteiger partial charge on any atom is 0.416 e. The zero-order valence-corrected chi connectivity index (χ0v) is 13.6. The molecule has 1 aromatic heterocycles. The van der Waals surface area contributed by atoms with Crippen molar-refractivity contribution in [2.45, 2.75) is 19.8 Å². The first kappa shape index (κ1) is 18.2. The Morgan fingerprint density at radius 2 is 1.88 bits per heavy atom. The first-order valence-corrected chi connectivity index (χ1v) is 7.21. The van der Waals surface area contributed by atoms with Gasteiger partial charge in [0.05, 0.1) is 21.8 Å². The van der Waals surface area contributed by atoms with Crippen LogP contribution < -0.4 is 0 Å². The van der Waals surface area contributed by atoms with Crippen molar-refractivity contribution in [3.63, 3.8) is 0 Å². The van der Waals surface area contributed by atoms with E-state index in [0.717, 1.165) is 12.1 Å². The van der Waals surface area contributed by atoms with E-state index in [-0.39, 0.29) is 33.7 Å². The Morgan fingerprint density at radius 1 is 1.29 bits per heavy atom. The molecule has 0 saturated heterocycles. The van der Waals surface area contributed by atoms with E-state index >= 15 is 0 Å². The number of hydrogen-bond acceptors (Lipinski definition) is 3. The summed E-state index contributed by atoms with van der Waals surface area (Å²) in [5, 5.41) is 9.15. The predicted molar refractivity (Wildman–Crippen MR) is 81.4 cm³/mol. The number of benzene rings is 1. The lowest BCUT2D eigenvalue weighted by atomic mass is 10.1. The van der Waals surface area contributed by atoms with Gasteiger partial charge in [-0.1, -0.05) is 35.3 Å². The Bertz CT molecular complexity index is 821. The number of alkyl halides is 3. The molecule has 1 aromatic carbocycles. The normalized spacial score (nSPS) is 11.2. The van der Waals surface area contributed by atoms with Gasteiger partial charge in [-0.15, -0.1) is 0 Å². The lowest BCUT2D eigenvalue weighted by molar-refractivity contribution is -0.144. The minimum absolute atomic E-state index is 0.0198. The molecule has 2 aromatic rings. The average molecular weight is 377 g/mol. The van der Waals surface area contributed by atoms with Gasteiger partial charge in [-0.2, -0.15) is 18.4 Å². The van der Waals surface area contributed by atoms with E-state index in [4.69, 9.17) is 27.9 Å². The van der Waals surface area contributed by atoms with Crippen LogP contribution in [0, 0.1) is 11.3 Å². The monoisotopic (exact) mass is 376 g/mol. The van der Waals surface area contributed by atoms with Crippen LogP contribution in [0.5, 0.6) is 0 Å². The first-order chi connectivity index (χ1) is 11.2. The number of ether oxygens (including phenoxy) is 1.